The first kappa shape index (κ1) is 11.6. The lowest BCUT2D eigenvalue weighted by atomic mass is 10.2. The minimum atomic E-state index is 0.929. The lowest BCUT2D eigenvalue weighted by Crippen LogP contribution is -2.15. The van der Waals surface area contributed by atoms with E-state index in [-0.39, 0.29) is 0 Å². The maximum atomic E-state index is 5.15. The molecule has 0 aromatic carbocycles. The second kappa shape index (κ2) is 6.03. The summed E-state index contributed by atoms with van der Waals surface area (Å²) in [5.74, 6) is 0. The predicted octanol–water partition coefficient (Wildman–Crippen LogP) is 3.15. The van der Waals surface area contributed by atoms with Gasteiger partial charge in [0.15, 0.2) is 5.06 Å². The third kappa shape index (κ3) is 3.33. The van der Waals surface area contributed by atoms with Crippen LogP contribution in [0.4, 0.5) is 0 Å². The second-order valence-electron chi connectivity index (χ2n) is 3.48. The molecule has 2 nitrogen and oxygen atoms in total. The van der Waals surface area contributed by atoms with E-state index in [4.69, 9.17) is 4.74 Å². The molecular formula is C12H15NOS2. The first-order valence-corrected chi connectivity index (χ1v) is 6.99. The number of methoxy groups -OCH3 is 1. The van der Waals surface area contributed by atoms with Crippen LogP contribution in [0.5, 0.6) is 5.06 Å². The molecule has 2 aromatic rings. The summed E-state index contributed by atoms with van der Waals surface area (Å²) in [5.41, 5.74) is 1.42. The lowest BCUT2D eigenvalue weighted by Gasteiger charge is -2.01. The molecule has 4 heteroatoms. The van der Waals surface area contributed by atoms with Crippen molar-refractivity contribution in [3.05, 3.63) is 39.4 Å². The highest BCUT2D eigenvalue weighted by Gasteiger charge is 1.99. The highest BCUT2D eigenvalue weighted by molar-refractivity contribution is 7.13. The second-order valence-corrected chi connectivity index (χ2v) is 5.39. The molecule has 0 spiro atoms. The largest absolute Gasteiger partial charge is 0.487 e. The van der Waals surface area contributed by atoms with Crippen molar-refractivity contribution in [2.75, 3.05) is 13.7 Å². The molecule has 86 valence electrons. The third-order valence-electron chi connectivity index (χ3n) is 2.31. The van der Waals surface area contributed by atoms with Crippen molar-refractivity contribution < 1.29 is 4.74 Å². The lowest BCUT2D eigenvalue weighted by molar-refractivity contribution is 0.427. The van der Waals surface area contributed by atoms with Gasteiger partial charge >= 0.3 is 0 Å². The van der Waals surface area contributed by atoms with E-state index in [0.29, 0.717) is 0 Å². The van der Waals surface area contributed by atoms with Gasteiger partial charge in [-0.25, -0.2) is 0 Å². The standard InChI is InChI=1S/C12H15NOS2/c1-14-12-3-2-11(16-12)8-13-6-4-10-5-7-15-9-10/h2-3,5,7,9,13H,4,6,8H2,1H3. The van der Waals surface area contributed by atoms with Crippen molar-refractivity contribution in [2.45, 2.75) is 13.0 Å². The first-order valence-electron chi connectivity index (χ1n) is 5.23. The van der Waals surface area contributed by atoms with Crippen LogP contribution in [0.3, 0.4) is 0 Å². The van der Waals surface area contributed by atoms with Crippen LogP contribution in [0.2, 0.25) is 0 Å². The van der Waals surface area contributed by atoms with Crippen LogP contribution in [0.15, 0.2) is 29.0 Å². The van der Waals surface area contributed by atoms with Crippen molar-refractivity contribution in [1.29, 1.82) is 0 Å². The van der Waals surface area contributed by atoms with Crippen LogP contribution in [-0.2, 0) is 13.0 Å². The fraction of sp³-hybridized carbons (Fsp3) is 0.333. The number of thiophene rings is 2. The number of ether oxygens (including phenoxy) is 1. The quantitative estimate of drug-likeness (QED) is 0.799. The Labute approximate surface area is 104 Å². The molecule has 2 rings (SSSR count). The maximum absolute atomic E-state index is 5.15. The fourth-order valence-electron chi connectivity index (χ4n) is 1.44. The molecule has 1 N–H and O–H groups in total. The van der Waals surface area contributed by atoms with Gasteiger partial charge in [0.25, 0.3) is 0 Å². The maximum Gasteiger partial charge on any atom is 0.173 e. The Bertz CT molecular complexity index is 408. The SMILES string of the molecule is COc1ccc(CNCCc2ccsc2)s1. The van der Waals surface area contributed by atoms with Crippen LogP contribution in [-0.4, -0.2) is 13.7 Å². The molecule has 0 saturated carbocycles. The van der Waals surface area contributed by atoms with Gasteiger partial charge in [-0.3, -0.25) is 0 Å². The molecule has 0 aliphatic heterocycles. The summed E-state index contributed by atoms with van der Waals surface area (Å²) < 4.78 is 5.15. The van der Waals surface area contributed by atoms with Gasteiger partial charge in [-0.05, 0) is 47.5 Å². The van der Waals surface area contributed by atoms with E-state index in [0.717, 1.165) is 24.6 Å². The van der Waals surface area contributed by atoms with Gasteiger partial charge in [0.1, 0.15) is 0 Å². The molecule has 0 radical (unpaired) electrons. The van der Waals surface area contributed by atoms with Gasteiger partial charge in [0.2, 0.25) is 0 Å². The fourth-order valence-corrected chi connectivity index (χ4v) is 2.93. The monoisotopic (exact) mass is 253 g/mol. The highest BCUT2D eigenvalue weighted by Crippen LogP contribution is 2.23. The molecule has 0 bridgehead atoms. The zero-order chi connectivity index (χ0) is 11.2. The molecule has 0 amide bonds. The first-order chi connectivity index (χ1) is 7.88. The minimum Gasteiger partial charge on any atom is -0.487 e. The third-order valence-corrected chi connectivity index (χ3v) is 4.09. The number of nitrogens with one attached hydrogen (secondary N) is 1. The van der Waals surface area contributed by atoms with Crippen molar-refractivity contribution >= 4 is 22.7 Å². The van der Waals surface area contributed by atoms with Gasteiger partial charge in [-0.1, -0.05) is 0 Å². The Balaban J connectivity index is 1.68. The van der Waals surface area contributed by atoms with Crippen LogP contribution < -0.4 is 10.1 Å². The van der Waals surface area contributed by atoms with Crippen molar-refractivity contribution in [1.82, 2.24) is 5.32 Å². The molecule has 16 heavy (non-hydrogen) atoms. The van der Waals surface area contributed by atoms with E-state index in [2.05, 4.69) is 28.2 Å². The Morgan fingerprint density at radius 2 is 2.25 bits per heavy atom. The van der Waals surface area contributed by atoms with E-state index in [1.165, 1.54) is 10.4 Å². The van der Waals surface area contributed by atoms with Gasteiger partial charge in [0, 0.05) is 11.4 Å². The van der Waals surface area contributed by atoms with Gasteiger partial charge < -0.3 is 10.1 Å². The van der Waals surface area contributed by atoms with Gasteiger partial charge in [-0.2, -0.15) is 11.3 Å². The normalized spacial score (nSPS) is 10.6. The molecule has 0 aliphatic rings. The summed E-state index contributed by atoms with van der Waals surface area (Å²) in [6.07, 6.45) is 1.10. The summed E-state index contributed by atoms with van der Waals surface area (Å²) >= 11 is 3.46. The van der Waals surface area contributed by atoms with E-state index >= 15 is 0 Å². The van der Waals surface area contributed by atoms with E-state index in [1.807, 2.05) is 6.07 Å². The topological polar surface area (TPSA) is 21.3 Å². The average Bonchev–Trinajstić information content (AvgIpc) is 2.95. The van der Waals surface area contributed by atoms with Crippen molar-refractivity contribution in [3.8, 4) is 5.06 Å². The smallest absolute Gasteiger partial charge is 0.173 e. The Morgan fingerprint density at radius 1 is 1.31 bits per heavy atom. The molecule has 0 saturated heterocycles. The number of hydrogen-bond acceptors (Lipinski definition) is 4. The Kier molecular flexibility index (Phi) is 4.39. The molecular weight excluding hydrogens is 238 g/mol. The van der Waals surface area contributed by atoms with Crippen molar-refractivity contribution in [3.63, 3.8) is 0 Å². The molecule has 2 aromatic heterocycles. The highest BCUT2D eigenvalue weighted by atomic mass is 32.1. The summed E-state index contributed by atoms with van der Waals surface area (Å²) in [6, 6.07) is 6.31. The predicted molar refractivity (Wildman–Crippen MR) is 70.6 cm³/mol. The molecule has 0 atom stereocenters. The van der Waals surface area contributed by atoms with Crippen LogP contribution >= 0.6 is 22.7 Å². The summed E-state index contributed by atoms with van der Waals surface area (Å²) in [6.45, 7) is 1.95. The molecule has 2 heterocycles. The molecule has 0 unspecified atom stereocenters. The van der Waals surface area contributed by atoms with E-state index in [1.54, 1.807) is 29.8 Å². The van der Waals surface area contributed by atoms with Gasteiger partial charge in [-0.15, -0.1) is 11.3 Å². The summed E-state index contributed by atoms with van der Waals surface area (Å²) in [4.78, 5) is 1.32. The minimum absolute atomic E-state index is 0.929. The van der Waals surface area contributed by atoms with E-state index < -0.39 is 0 Å². The number of hydrogen-bond donors (Lipinski definition) is 1. The van der Waals surface area contributed by atoms with Gasteiger partial charge in [0.05, 0.1) is 7.11 Å². The van der Waals surface area contributed by atoms with Crippen LogP contribution in [0.25, 0.3) is 0 Å². The molecule has 0 aliphatic carbocycles. The molecule has 0 fully saturated rings. The van der Waals surface area contributed by atoms with Crippen molar-refractivity contribution in [2.24, 2.45) is 0 Å². The zero-order valence-corrected chi connectivity index (χ0v) is 10.9. The summed E-state index contributed by atoms with van der Waals surface area (Å²) in [7, 11) is 1.71. The summed E-state index contributed by atoms with van der Waals surface area (Å²) in [5, 5.41) is 8.75. The zero-order valence-electron chi connectivity index (χ0n) is 9.23. The Hall–Kier alpha value is -0.840. The Morgan fingerprint density at radius 3 is 2.94 bits per heavy atom. The van der Waals surface area contributed by atoms with Crippen LogP contribution in [0.1, 0.15) is 10.4 Å². The van der Waals surface area contributed by atoms with E-state index in [9.17, 15) is 0 Å². The number of rotatable bonds is 6. The van der Waals surface area contributed by atoms with Crippen LogP contribution in [0, 0.1) is 0 Å². The average molecular weight is 253 g/mol.